The van der Waals surface area contributed by atoms with Crippen LogP contribution in [0.25, 0.3) is 11.3 Å². The molecule has 0 aliphatic carbocycles. The van der Waals surface area contributed by atoms with E-state index in [1.54, 1.807) is 18.2 Å². The van der Waals surface area contributed by atoms with E-state index in [4.69, 9.17) is 5.26 Å². The van der Waals surface area contributed by atoms with Gasteiger partial charge in [-0.3, -0.25) is 0 Å². The van der Waals surface area contributed by atoms with Crippen LogP contribution >= 0.6 is 0 Å². The minimum Gasteiger partial charge on any atom is -0.366 e. The summed E-state index contributed by atoms with van der Waals surface area (Å²) >= 11 is 0. The molecule has 0 fully saturated rings. The first-order valence-corrected chi connectivity index (χ1v) is 7.85. The Hall–Kier alpha value is -3.65. The van der Waals surface area contributed by atoms with Gasteiger partial charge in [-0.05, 0) is 18.2 Å². The van der Waals surface area contributed by atoms with E-state index in [-0.39, 0.29) is 0 Å². The summed E-state index contributed by atoms with van der Waals surface area (Å²) in [7, 11) is 0. The van der Waals surface area contributed by atoms with Gasteiger partial charge < -0.3 is 10.6 Å². The predicted molar refractivity (Wildman–Crippen MR) is 101 cm³/mol. The molecule has 2 N–H and O–H groups in total. The van der Waals surface area contributed by atoms with Gasteiger partial charge >= 0.3 is 0 Å². The molecule has 5 heteroatoms. The second-order valence-corrected chi connectivity index (χ2v) is 5.32. The third kappa shape index (κ3) is 4.21. The van der Waals surface area contributed by atoms with E-state index >= 15 is 0 Å². The first kappa shape index (κ1) is 16.2. The molecule has 25 heavy (non-hydrogen) atoms. The number of rotatable bonds is 6. The lowest BCUT2D eigenvalue weighted by Gasteiger charge is -2.11. The third-order valence-corrected chi connectivity index (χ3v) is 3.47. The highest BCUT2D eigenvalue weighted by Gasteiger charge is 2.07. The number of nitriles is 1. The average molecular weight is 327 g/mol. The lowest BCUT2D eigenvalue weighted by Crippen LogP contribution is -2.05. The van der Waals surface area contributed by atoms with E-state index in [9.17, 15) is 0 Å². The number of nitrogens with zero attached hydrogens (tertiary/aromatic N) is 3. The fourth-order valence-corrected chi connectivity index (χ4v) is 2.32. The first-order chi connectivity index (χ1) is 12.3. The summed E-state index contributed by atoms with van der Waals surface area (Å²) in [6.45, 7) is 4.32. The largest absolute Gasteiger partial charge is 0.366 e. The Morgan fingerprint density at radius 3 is 2.64 bits per heavy atom. The number of hydrogen-bond acceptors (Lipinski definition) is 5. The van der Waals surface area contributed by atoms with Gasteiger partial charge in [0.05, 0.1) is 17.3 Å². The molecule has 0 saturated carbocycles. The van der Waals surface area contributed by atoms with Gasteiger partial charge in [0.2, 0.25) is 5.95 Å². The van der Waals surface area contributed by atoms with Gasteiger partial charge in [-0.2, -0.15) is 10.2 Å². The molecule has 5 nitrogen and oxygen atoms in total. The van der Waals surface area contributed by atoms with Gasteiger partial charge in [-0.15, -0.1) is 6.58 Å². The molecule has 0 amide bonds. The molecule has 0 spiro atoms. The normalized spacial score (nSPS) is 9.88. The third-order valence-electron chi connectivity index (χ3n) is 3.47. The lowest BCUT2D eigenvalue weighted by atomic mass is 10.1. The Morgan fingerprint density at radius 2 is 1.88 bits per heavy atom. The number of hydrogen-bond donors (Lipinski definition) is 2. The second kappa shape index (κ2) is 7.75. The van der Waals surface area contributed by atoms with E-state index in [1.165, 1.54) is 0 Å². The van der Waals surface area contributed by atoms with Gasteiger partial charge in [0.15, 0.2) is 0 Å². The van der Waals surface area contributed by atoms with Gasteiger partial charge in [0.25, 0.3) is 0 Å². The van der Waals surface area contributed by atoms with Crippen LogP contribution in [-0.4, -0.2) is 16.5 Å². The quantitative estimate of drug-likeness (QED) is 0.658. The van der Waals surface area contributed by atoms with Crippen molar-refractivity contribution in [2.45, 2.75) is 0 Å². The van der Waals surface area contributed by atoms with Crippen molar-refractivity contribution in [3.05, 3.63) is 78.9 Å². The van der Waals surface area contributed by atoms with Crippen molar-refractivity contribution in [2.24, 2.45) is 0 Å². The van der Waals surface area contributed by atoms with E-state index in [0.29, 0.717) is 23.9 Å². The van der Waals surface area contributed by atoms with E-state index in [2.05, 4.69) is 33.2 Å². The van der Waals surface area contributed by atoms with E-state index in [1.807, 2.05) is 48.5 Å². The Bertz CT molecular complexity index is 913. The maximum atomic E-state index is 9.03. The van der Waals surface area contributed by atoms with Crippen LogP contribution in [0.3, 0.4) is 0 Å². The molecule has 0 saturated heterocycles. The zero-order valence-electron chi connectivity index (χ0n) is 13.6. The maximum absolute atomic E-state index is 9.03. The molecule has 3 aromatic rings. The SMILES string of the molecule is C=CCNc1cc(-c2ccccc2)nc(Nc2cccc(C#N)c2)n1. The van der Waals surface area contributed by atoms with Gasteiger partial charge in [-0.25, -0.2) is 4.98 Å². The highest BCUT2D eigenvalue weighted by Crippen LogP contribution is 2.23. The number of benzene rings is 2. The topological polar surface area (TPSA) is 73.6 Å². The molecular weight excluding hydrogens is 310 g/mol. The molecule has 0 radical (unpaired) electrons. The molecule has 122 valence electrons. The molecule has 3 rings (SSSR count). The minimum absolute atomic E-state index is 0.461. The van der Waals surface area contributed by atoms with Crippen molar-refractivity contribution in [2.75, 3.05) is 17.2 Å². The fourth-order valence-electron chi connectivity index (χ4n) is 2.32. The van der Waals surface area contributed by atoms with Crippen LogP contribution in [0.5, 0.6) is 0 Å². The Morgan fingerprint density at radius 1 is 1.04 bits per heavy atom. The van der Waals surface area contributed by atoms with Crippen LogP contribution in [0, 0.1) is 11.3 Å². The summed E-state index contributed by atoms with van der Waals surface area (Å²) in [5.41, 5.74) is 3.15. The van der Waals surface area contributed by atoms with Crippen molar-refractivity contribution in [3.8, 4) is 17.3 Å². The van der Waals surface area contributed by atoms with Crippen molar-refractivity contribution < 1.29 is 0 Å². The Balaban J connectivity index is 1.96. The molecule has 2 aromatic carbocycles. The zero-order chi connectivity index (χ0) is 17.5. The second-order valence-electron chi connectivity index (χ2n) is 5.32. The smallest absolute Gasteiger partial charge is 0.229 e. The summed E-state index contributed by atoms with van der Waals surface area (Å²) in [4.78, 5) is 9.07. The van der Waals surface area contributed by atoms with Crippen LogP contribution in [-0.2, 0) is 0 Å². The zero-order valence-corrected chi connectivity index (χ0v) is 13.6. The van der Waals surface area contributed by atoms with E-state index in [0.717, 1.165) is 16.9 Å². The van der Waals surface area contributed by atoms with Crippen molar-refractivity contribution in [3.63, 3.8) is 0 Å². The number of aromatic nitrogens is 2. The molecule has 0 aliphatic heterocycles. The summed E-state index contributed by atoms with van der Waals surface area (Å²) in [5, 5.41) is 15.4. The Kier molecular flexibility index (Phi) is 5.03. The monoisotopic (exact) mass is 327 g/mol. The first-order valence-electron chi connectivity index (χ1n) is 7.85. The van der Waals surface area contributed by atoms with Gasteiger partial charge in [-0.1, -0.05) is 42.5 Å². The highest BCUT2D eigenvalue weighted by molar-refractivity contribution is 5.66. The summed E-state index contributed by atoms with van der Waals surface area (Å²) in [6, 6.07) is 21.1. The maximum Gasteiger partial charge on any atom is 0.229 e. The molecule has 0 atom stereocenters. The summed E-state index contributed by atoms with van der Waals surface area (Å²) in [5.74, 6) is 1.16. The Labute approximate surface area is 146 Å². The van der Waals surface area contributed by atoms with Crippen LogP contribution in [0.2, 0.25) is 0 Å². The van der Waals surface area contributed by atoms with Crippen molar-refractivity contribution >= 4 is 17.5 Å². The van der Waals surface area contributed by atoms with Crippen LogP contribution in [0.4, 0.5) is 17.5 Å². The summed E-state index contributed by atoms with van der Waals surface area (Å²) in [6.07, 6.45) is 1.77. The van der Waals surface area contributed by atoms with Crippen molar-refractivity contribution in [1.82, 2.24) is 9.97 Å². The van der Waals surface area contributed by atoms with Crippen LogP contribution in [0.15, 0.2) is 73.3 Å². The lowest BCUT2D eigenvalue weighted by molar-refractivity contribution is 1.14. The van der Waals surface area contributed by atoms with Crippen LogP contribution in [0.1, 0.15) is 5.56 Å². The van der Waals surface area contributed by atoms with Gasteiger partial charge in [0, 0.05) is 23.9 Å². The molecule has 1 heterocycles. The van der Waals surface area contributed by atoms with Gasteiger partial charge in [0.1, 0.15) is 5.82 Å². The van der Waals surface area contributed by atoms with Crippen molar-refractivity contribution in [1.29, 1.82) is 5.26 Å². The number of nitrogens with one attached hydrogen (secondary N) is 2. The fraction of sp³-hybridized carbons (Fsp3) is 0.0500. The minimum atomic E-state index is 0.461. The molecular formula is C20H17N5. The number of anilines is 3. The molecule has 1 aromatic heterocycles. The summed E-state index contributed by atoms with van der Waals surface area (Å²) < 4.78 is 0. The predicted octanol–water partition coefficient (Wildman–Crippen LogP) is 4.36. The highest BCUT2D eigenvalue weighted by atomic mass is 15.1. The standard InChI is InChI=1S/C20H17N5/c1-2-11-22-19-13-18(16-8-4-3-5-9-16)24-20(25-19)23-17-10-6-7-15(12-17)14-21/h2-10,12-13H,1,11H2,(H2,22,23,24,25). The molecule has 0 unspecified atom stereocenters. The average Bonchev–Trinajstić information content (AvgIpc) is 2.67. The van der Waals surface area contributed by atoms with E-state index < -0.39 is 0 Å². The van der Waals surface area contributed by atoms with Crippen LogP contribution < -0.4 is 10.6 Å². The molecule has 0 aliphatic rings. The molecule has 0 bridgehead atoms.